The third-order valence-corrected chi connectivity index (χ3v) is 2.01. The van der Waals surface area contributed by atoms with Gasteiger partial charge in [0.05, 0.1) is 5.69 Å². The van der Waals surface area contributed by atoms with E-state index in [2.05, 4.69) is 9.88 Å². The smallest absolute Gasteiger partial charge is 0.195 e. The van der Waals surface area contributed by atoms with Crippen molar-refractivity contribution in [3.63, 3.8) is 0 Å². The Balaban J connectivity index is 2.35. The van der Waals surface area contributed by atoms with Crippen LogP contribution in [-0.2, 0) is 12.8 Å². The van der Waals surface area contributed by atoms with Gasteiger partial charge in [-0.3, -0.25) is 0 Å². The number of hydrogen-bond acceptors (Lipinski definition) is 4. The van der Waals surface area contributed by atoms with Gasteiger partial charge in [0.15, 0.2) is 5.89 Å². The molecule has 4 nitrogen and oxygen atoms in total. The molecule has 1 rings (SSSR count). The summed E-state index contributed by atoms with van der Waals surface area (Å²) in [6.07, 6.45) is 4.50. The molecule has 0 aliphatic heterocycles. The third kappa shape index (κ3) is 3.89. The van der Waals surface area contributed by atoms with Crippen molar-refractivity contribution in [3.8, 4) is 0 Å². The molecule has 0 aliphatic rings. The minimum absolute atomic E-state index is 0.708. The van der Waals surface area contributed by atoms with E-state index in [0.717, 1.165) is 37.4 Å². The highest BCUT2D eigenvalue weighted by molar-refractivity contribution is 4.97. The number of nitrogens with two attached hydrogens (primary N) is 1. The molecular formula is C10H19N3O. The van der Waals surface area contributed by atoms with E-state index in [0.29, 0.717) is 6.54 Å². The lowest BCUT2D eigenvalue weighted by Crippen LogP contribution is -2.15. The third-order valence-electron chi connectivity index (χ3n) is 2.01. The summed E-state index contributed by atoms with van der Waals surface area (Å²) in [6.45, 7) is 1.68. The molecule has 0 saturated heterocycles. The summed E-state index contributed by atoms with van der Waals surface area (Å²) in [5.74, 6) is 0.825. The molecule has 1 aromatic rings. The van der Waals surface area contributed by atoms with E-state index in [1.807, 2.05) is 14.1 Å². The Bertz CT molecular complexity index is 258. The zero-order valence-corrected chi connectivity index (χ0v) is 8.99. The van der Waals surface area contributed by atoms with E-state index < -0.39 is 0 Å². The van der Waals surface area contributed by atoms with Gasteiger partial charge in [-0.25, -0.2) is 4.98 Å². The quantitative estimate of drug-likeness (QED) is 0.728. The molecule has 14 heavy (non-hydrogen) atoms. The highest BCUT2D eigenvalue weighted by Gasteiger charge is 2.03. The van der Waals surface area contributed by atoms with Gasteiger partial charge in [0.2, 0.25) is 0 Å². The van der Waals surface area contributed by atoms with E-state index in [9.17, 15) is 0 Å². The van der Waals surface area contributed by atoms with Crippen molar-refractivity contribution in [2.45, 2.75) is 19.3 Å². The first-order valence-electron chi connectivity index (χ1n) is 5.00. The first kappa shape index (κ1) is 11.2. The SMILES string of the molecule is CN(C)CCc1nc(CCCN)co1. The predicted octanol–water partition coefficient (Wildman–Crippen LogP) is 0.670. The van der Waals surface area contributed by atoms with E-state index in [-0.39, 0.29) is 0 Å². The molecular weight excluding hydrogens is 178 g/mol. The zero-order valence-electron chi connectivity index (χ0n) is 8.99. The van der Waals surface area contributed by atoms with Crippen molar-refractivity contribution >= 4 is 0 Å². The first-order valence-corrected chi connectivity index (χ1v) is 5.00. The van der Waals surface area contributed by atoms with Crippen LogP contribution in [0.1, 0.15) is 18.0 Å². The van der Waals surface area contributed by atoms with Crippen LogP contribution < -0.4 is 5.73 Å². The molecule has 4 heteroatoms. The predicted molar refractivity (Wildman–Crippen MR) is 56.1 cm³/mol. The van der Waals surface area contributed by atoms with Gasteiger partial charge in [-0.15, -0.1) is 0 Å². The highest BCUT2D eigenvalue weighted by atomic mass is 16.3. The molecule has 0 aliphatic carbocycles. The lowest BCUT2D eigenvalue weighted by Gasteiger charge is -2.05. The molecule has 0 radical (unpaired) electrons. The van der Waals surface area contributed by atoms with Crippen LogP contribution in [-0.4, -0.2) is 37.1 Å². The lowest BCUT2D eigenvalue weighted by atomic mass is 10.2. The molecule has 0 bridgehead atoms. The normalized spacial score (nSPS) is 11.1. The van der Waals surface area contributed by atoms with Gasteiger partial charge in [0.1, 0.15) is 6.26 Å². The number of nitrogens with zero attached hydrogens (tertiary/aromatic N) is 2. The molecule has 0 saturated carbocycles. The highest BCUT2D eigenvalue weighted by Crippen LogP contribution is 2.05. The van der Waals surface area contributed by atoms with Gasteiger partial charge in [0, 0.05) is 13.0 Å². The number of aryl methyl sites for hydroxylation is 1. The van der Waals surface area contributed by atoms with E-state index in [1.54, 1.807) is 6.26 Å². The van der Waals surface area contributed by atoms with Crippen LogP contribution in [0.5, 0.6) is 0 Å². The minimum Gasteiger partial charge on any atom is -0.449 e. The molecule has 80 valence electrons. The second-order valence-corrected chi connectivity index (χ2v) is 3.68. The van der Waals surface area contributed by atoms with Crippen molar-refractivity contribution < 1.29 is 4.42 Å². The van der Waals surface area contributed by atoms with Gasteiger partial charge < -0.3 is 15.1 Å². The number of oxazole rings is 1. The van der Waals surface area contributed by atoms with E-state index in [4.69, 9.17) is 10.2 Å². The van der Waals surface area contributed by atoms with Crippen molar-refractivity contribution in [2.24, 2.45) is 5.73 Å². The molecule has 0 unspecified atom stereocenters. The molecule has 1 aromatic heterocycles. The van der Waals surface area contributed by atoms with Crippen LogP contribution in [0.2, 0.25) is 0 Å². The molecule has 1 heterocycles. The van der Waals surface area contributed by atoms with Gasteiger partial charge >= 0.3 is 0 Å². The molecule has 0 atom stereocenters. The van der Waals surface area contributed by atoms with Gasteiger partial charge in [-0.1, -0.05) is 0 Å². The maximum atomic E-state index is 5.42. The summed E-state index contributed by atoms with van der Waals surface area (Å²) >= 11 is 0. The Kier molecular flexibility index (Phi) is 4.62. The van der Waals surface area contributed by atoms with Crippen molar-refractivity contribution in [3.05, 3.63) is 17.8 Å². The number of aromatic nitrogens is 1. The van der Waals surface area contributed by atoms with Crippen molar-refractivity contribution in [2.75, 3.05) is 27.2 Å². The molecule has 0 spiro atoms. The standard InChI is InChI=1S/C10H19N3O/c1-13(2)7-5-10-12-9(8-14-10)4-3-6-11/h8H,3-7,11H2,1-2H3. The molecule has 2 N–H and O–H groups in total. The monoisotopic (exact) mass is 197 g/mol. The Morgan fingerprint density at radius 3 is 2.86 bits per heavy atom. The second-order valence-electron chi connectivity index (χ2n) is 3.68. The Morgan fingerprint density at radius 1 is 1.43 bits per heavy atom. The van der Waals surface area contributed by atoms with Crippen LogP contribution >= 0.6 is 0 Å². The van der Waals surface area contributed by atoms with Crippen molar-refractivity contribution in [1.29, 1.82) is 0 Å². The maximum absolute atomic E-state index is 5.42. The number of likely N-dealkylation sites (N-methyl/N-ethyl adjacent to an activating group) is 1. The molecule has 0 fully saturated rings. The second kappa shape index (κ2) is 5.78. The van der Waals surface area contributed by atoms with Gasteiger partial charge in [0.25, 0.3) is 0 Å². The van der Waals surface area contributed by atoms with Crippen molar-refractivity contribution in [1.82, 2.24) is 9.88 Å². The fourth-order valence-electron chi connectivity index (χ4n) is 1.18. The van der Waals surface area contributed by atoms with Crippen LogP contribution in [0.4, 0.5) is 0 Å². The van der Waals surface area contributed by atoms with Crippen LogP contribution in [0, 0.1) is 0 Å². The lowest BCUT2D eigenvalue weighted by molar-refractivity contribution is 0.384. The van der Waals surface area contributed by atoms with E-state index >= 15 is 0 Å². The number of rotatable bonds is 6. The maximum Gasteiger partial charge on any atom is 0.195 e. The first-order chi connectivity index (χ1) is 6.72. The summed E-state index contributed by atoms with van der Waals surface area (Å²) < 4.78 is 5.33. The van der Waals surface area contributed by atoms with Gasteiger partial charge in [-0.05, 0) is 33.5 Å². The van der Waals surface area contributed by atoms with Crippen LogP contribution in [0.3, 0.4) is 0 Å². The average Bonchev–Trinajstić information content (AvgIpc) is 2.59. The summed E-state index contributed by atoms with van der Waals surface area (Å²) in [4.78, 5) is 6.49. The van der Waals surface area contributed by atoms with Gasteiger partial charge in [-0.2, -0.15) is 0 Å². The Labute approximate surface area is 85.1 Å². The van der Waals surface area contributed by atoms with Crippen LogP contribution in [0.15, 0.2) is 10.7 Å². The fourth-order valence-corrected chi connectivity index (χ4v) is 1.18. The Morgan fingerprint density at radius 2 is 2.21 bits per heavy atom. The van der Waals surface area contributed by atoms with E-state index in [1.165, 1.54) is 0 Å². The topological polar surface area (TPSA) is 55.3 Å². The fraction of sp³-hybridized carbons (Fsp3) is 0.700. The summed E-state index contributed by atoms with van der Waals surface area (Å²) in [7, 11) is 4.08. The average molecular weight is 197 g/mol. The number of hydrogen-bond donors (Lipinski definition) is 1. The molecule has 0 aromatic carbocycles. The molecule has 0 amide bonds. The summed E-state index contributed by atoms with van der Waals surface area (Å²) in [5, 5.41) is 0. The summed E-state index contributed by atoms with van der Waals surface area (Å²) in [6, 6.07) is 0. The zero-order chi connectivity index (χ0) is 10.4. The Hall–Kier alpha value is -0.870. The minimum atomic E-state index is 0.708. The summed E-state index contributed by atoms with van der Waals surface area (Å²) in [5.41, 5.74) is 6.43. The van der Waals surface area contributed by atoms with Crippen LogP contribution in [0.25, 0.3) is 0 Å². The largest absolute Gasteiger partial charge is 0.449 e.